The first-order valence-electron chi connectivity index (χ1n) is 3.21. The lowest BCUT2D eigenvalue weighted by Crippen LogP contribution is -2.15. The Bertz CT molecular complexity index is 172. The highest BCUT2D eigenvalue weighted by Gasteiger charge is 2.07. The summed E-state index contributed by atoms with van der Waals surface area (Å²) < 4.78 is 4.45. The van der Waals surface area contributed by atoms with Crippen molar-refractivity contribution >= 4 is 5.97 Å². The second-order valence-corrected chi connectivity index (χ2v) is 2.26. The van der Waals surface area contributed by atoms with Crippen molar-refractivity contribution in [3.05, 3.63) is 24.8 Å². The van der Waals surface area contributed by atoms with Crippen molar-refractivity contribution in [2.75, 3.05) is 0 Å². The summed E-state index contributed by atoms with van der Waals surface area (Å²) >= 11 is 0. The van der Waals surface area contributed by atoms with E-state index in [1.165, 1.54) is 0 Å². The SMILES string of the molecule is C=CC(=O)OC(O)CC(=C)C. The second kappa shape index (κ2) is 4.68. The summed E-state index contributed by atoms with van der Waals surface area (Å²) in [6.45, 7) is 8.48. The molecule has 0 aromatic rings. The molecule has 62 valence electrons. The molecule has 1 atom stereocenters. The van der Waals surface area contributed by atoms with Crippen molar-refractivity contribution in [3.8, 4) is 0 Å². The molecular formula is C8H12O3. The third-order valence-electron chi connectivity index (χ3n) is 0.942. The average Bonchev–Trinajstić information content (AvgIpc) is 1.85. The summed E-state index contributed by atoms with van der Waals surface area (Å²) in [5, 5.41) is 8.97. The Morgan fingerprint density at radius 1 is 1.82 bits per heavy atom. The van der Waals surface area contributed by atoms with Crippen molar-refractivity contribution in [2.24, 2.45) is 0 Å². The Labute approximate surface area is 66.0 Å². The minimum Gasteiger partial charge on any atom is -0.432 e. The molecule has 0 bridgehead atoms. The molecule has 3 nitrogen and oxygen atoms in total. The van der Waals surface area contributed by atoms with Crippen LogP contribution in [0.4, 0.5) is 0 Å². The van der Waals surface area contributed by atoms with E-state index in [1.807, 2.05) is 0 Å². The Morgan fingerprint density at radius 2 is 2.36 bits per heavy atom. The zero-order chi connectivity index (χ0) is 8.85. The number of ether oxygens (including phenoxy) is 1. The zero-order valence-corrected chi connectivity index (χ0v) is 6.54. The maximum Gasteiger partial charge on any atom is 0.332 e. The first kappa shape index (κ1) is 9.91. The molecule has 3 heteroatoms. The Kier molecular flexibility index (Phi) is 4.22. The third kappa shape index (κ3) is 5.36. The van der Waals surface area contributed by atoms with Crippen LogP contribution in [0.1, 0.15) is 13.3 Å². The van der Waals surface area contributed by atoms with Crippen LogP contribution in [-0.2, 0) is 9.53 Å². The molecule has 0 aromatic carbocycles. The lowest BCUT2D eigenvalue weighted by molar-refractivity contribution is -0.161. The number of carbonyl (C=O) groups is 1. The summed E-state index contributed by atoms with van der Waals surface area (Å²) in [4.78, 5) is 10.5. The molecule has 0 aliphatic rings. The summed E-state index contributed by atoms with van der Waals surface area (Å²) in [6.07, 6.45) is 0.166. The number of aliphatic hydroxyl groups is 1. The van der Waals surface area contributed by atoms with Gasteiger partial charge in [0.1, 0.15) is 0 Å². The molecule has 0 radical (unpaired) electrons. The fourth-order valence-electron chi connectivity index (χ4n) is 0.522. The van der Waals surface area contributed by atoms with E-state index in [4.69, 9.17) is 5.11 Å². The van der Waals surface area contributed by atoms with Gasteiger partial charge in [0.25, 0.3) is 0 Å². The van der Waals surface area contributed by atoms with Gasteiger partial charge in [-0.3, -0.25) is 0 Å². The molecule has 0 saturated carbocycles. The maximum absolute atomic E-state index is 10.5. The fraction of sp³-hybridized carbons (Fsp3) is 0.375. The van der Waals surface area contributed by atoms with Gasteiger partial charge in [-0.1, -0.05) is 18.7 Å². The van der Waals surface area contributed by atoms with E-state index >= 15 is 0 Å². The van der Waals surface area contributed by atoms with Gasteiger partial charge in [-0.15, -0.1) is 0 Å². The molecular weight excluding hydrogens is 144 g/mol. The van der Waals surface area contributed by atoms with Crippen molar-refractivity contribution in [1.29, 1.82) is 0 Å². The lowest BCUT2D eigenvalue weighted by atomic mass is 10.2. The van der Waals surface area contributed by atoms with Gasteiger partial charge in [-0.05, 0) is 6.92 Å². The average molecular weight is 156 g/mol. The molecule has 0 heterocycles. The van der Waals surface area contributed by atoms with Crippen LogP contribution >= 0.6 is 0 Å². The summed E-state index contributed by atoms with van der Waals surface area (Å²) in [5.41, 5.74) is 0.759. The molecule has 0 rings (SSSR count). The molecule has 0 aliphatic heterocycles. The fourth-order valence-corrected chi connectivity index (χ4v) is 0.522. The van der Waals surface area contributed by atoms with Gasteiger partial charge in [-0.2, -0.15) is 0 Å². The largest absolute Gasteiger partial charge is 0.432 e. The molecule has 1 N–H and O–H groups in total. The Morgan fingerprint density at radius 3 is 2.73 bits per heavy atom. The number of carbonyl (C=O) groups excluding carboxylic acids is 1. The molecule has 0 spiro atoms. The summed E-state index contributed by atoms with van der Waals surface area (Å²) in [6, 6.07) is 0. The quantitative estimate of drug-likeness (QED) is 0.286. The normalized spacial score (nSPS) is 11.8. The molecule has 0 fully saturated rings. The van der Waals surface area contributed by atoms with Crippen molar-refractivity contribution in [2.45, 2.75) is 19.6 Å². The Hall–Kier alpha value is -1.09. The van der Waals surface area contributed by atoms with Crippen LogP contribution in [0.25, 0.3) is 0 Å². The molecule has 1 unspecified atom stereocenters. The van der Waals surface area contributed by atoms with Gasteiger partial charge in [0, 0.05) is 12.5 Å². The van der Waals surface area contributed by atoms with E-state index in [-0.39, 0.29) is 6.42 Å². The zero-order valence-electron chi connectivity index (χ0n) is 6.54. The van der Waals surface area contributed by atoms with Crippen LogP contribution in [0.2, 0.25) is 0 Å². The molecule has 0 amide bonds. The first-order chi connectivity index (χ1) is 5.06. The van der Waals surface area contributed by atoms with E-state index in [9.17, 15) is 4.79 Å². The molecule has 0 aromatic heterocycles. The number of esters is 1. The van der Waals surface area contributed by atoms with Crippen LogP contribution in [-0.4, -0.2) is 17.4 Å². The van der Waals surface area contributed by atoms with Gasteiger partial charge in [-0.25, -0.2) is 4.79 Å². The van der Waals surface area contributed by atoms with Gasteiger partial charge >= 0.3 is 5.97 Å². The minimum absolute atomic E-state index is 0.263. The maximum atomic E-state index is 10.5. The van der Waals surface area contributed by atoms with Gasteiger partial charge < -0.3 is 9.84 Å². The highest BCUT2D eigenvalue weighted by Crippen LogP contribution is 2.02. The van der Waals surface area contributed by atoms with Crippen LogP contribution in [0, 0.1) is 0 Å². The second-order valence-electron chi connectivity index (χ2n) is 2.26. The predicted octanol–water partition coefficient (Wildman–Crippen LogP) is 1.00. The van der Waals surface area contributed by atoms with Crippen LogP contribution in [0.5, 0.6) is 0 Å². The first-order valence-corrected chi connectivity index (χ1v) is 3.21. The van der Waals surface area contributed by atoms with Gasteiger partial charge in [0.2, 0.25) is 6.29 Å². The topological polar surface area (TPSA) is 46.5 Å². The highest BCUT2D eigenvalue weighted by molar-refractivity contribution is 5.81. The van der Waals surface area contributed by atoms with E-state index in [0.717, 1.165) is 11.6 Å². The van der Waals surface area contributed by atoms with E-state index in [1.54, 1.807) is 6.92 Å². The van der Waals surface area contributed by atoms with Gasteiger partial charge in [0.05, 0.1) is 0 Å². The Balaban J connectivity index is 3.68. The van der Waals surface area contributed by atoms with Crippen molar-refractivity contribution in [1.82, 2.24) is 0 Å². The molecule has 0 aliphatic carbocycles. The lowest BCUT2D eigenvalue weighted by Gasteiger charge is -2.09. The minimum atomic E-state index is -1.10. The number of hydrogen-bond donors (Lipinski definition) is 1. The third-order valence-corrected chi connectivity index (χ3v) is 0.942. The summed E-state index contributed by atoms with van der Waals surface area (Å²) in [5.74, 6) is -0.626. The predicted molar refractivity (Wildman–Crippen MR) is 41.7 cm³/mol. The van der Waals surface area contributed by atoms with Crippen LogP contribution in [0.3, 0.4) is 0 Å². The van der Waals surface area contributed by atoms with Crippen LogP contribution < -0.4 is 0 Å². The monoisotopic (exact) mass is 156 g/mol. The van der Waals surface area contributed by atoms with Crippen molar-refractivity contribution < 1.29 is 14.6 Å². The van der Waals surface area contributed by atoms with E-state index in [2.05, 4.69) is 17.9 Å². The van der Waals surface area contributed by atoms with Crippen LogP contribution in [0.15, 0.2) is 24.8 Å². The highest BCUT2D eigenvalue weighted by atomic mass is 16.6. The number of aliphatic hydroxyl groups excluding tert-OH is 1. The molecule has 11 heavy (non-hydrogen) atoms. The standard InChI is InChI=1S/C8H12O3/c1-4-7(9)11-8(10)5-6(2)3/h4,8,10H,1-2,5H2,3H3. The summed E-state index contributed by atoms with van der Waals surface area (Å²) in [7, 11) is 0. The smallest absolute Gasteiger partial charge is 0.332 e. The van der Waals surface area contributed by atoms with E-state index in [0.29, 0.717) is 0 Å². The number of rotatable bonds is 4. The van der Waals surface area contributed by atoms with E-state index < -0.39 is 12.3 Å². The number of hydrogen-bond acceptors (Lipinski definition) is 3. The van der Waals surface area contributed by atoms with Gasteiger partial charge in [0.15, 0.2) is 0 Å². The molecule has 0 saturated heterocycles. The van der Waals surface area contributed by atoms with Crippen molar-refractivity contribution in [3.63, 3.8) is 0 Å².